The van der Waals surface area contributed by atoms with Crippen molar-refractivity contribution in [3.63, 3.8) is 0 Å². The normalized spacial score (nSPS) is 12.0. The second kappa shape index (κ2) is 11.7. The number of hydrogen-bond donors (Lipinski definition) is 1. The molecule has 0 saturated heterocycles. The molecular formula is C25H25BrClN3O4S. The Hall–Kier alpha value is -2.88. The van der Waals surface area contributed by atoms with Crippen molar-refractivity contribution in [2.75, 3.05) is 17.9 Å². The second-order valence-corrected chi connectivity index (χ2v) is 11.0. The molecule has 0 radical (unpaired) electrons. The molecule has 3 rings (SSSR count). The molecule has 0 heterocycles. The van der Waals surface area contributed by atoms with Crippen LogP contribution in [0.4, 0.5) is 5.69 Å². The van der Waals surface area contributed by atoms with Crippen molar-refractivity contribution in [1.82, 2.24) is 10.2 Å². The molecule has 0 bridgehead atoms. The van der Waals surface area contributed by atoms with Gasteiger partial charge in [0.25, 0.3) is 10.0 Å². The van der Waals surface area contributed by atoms with Gasteiger partial charge in [-0.3, -0.25) is 13.9 Å². The summed E-state index contributed by atoms with van der Waals surface area (Å²) in [5, 5.41) is 2.88. The van der Waals surface area contributed by atoms with Gasteiger partial charge < -0.3 is 10.2 Å². The minimum Gasteiger partial charge on any atom is -0.357 e. The Morgan fingerprint density at radius 1 is 1.00 bits per heavy atom. The van der Waals surface area contributed by atoms with Gasteiger partial charge in [0, 0.05) is 23.1 Å². The highest BCUT2D eigenvalue weighted by Crippen LogP contribution is 2.27. The maximum absolute atomic E-state index is 13.6. The van der Waals surface area contributed by atoms with Crippen LogP contribution in [0.25, 0.3) is 0 Å². The van der Waals surface area contributed by atoms with Crippen molar-refractivity contribution in [1.29, 1.82) is 0 Å². The molecule has 0 spiro atoms. The number of carbonyl (C=O) groups excluding carboxylic acids is 2. The summed E-state index contributed by atoms with van der Waals surface area (Å²) >= 11 is 9.52. The van der Waals surface area contributed by atoms with Gasteiger partial charge in [-0.1, -0.05) is 63.9 Å². The van der Waals surface area contributed by atoms with E-state index < -0.39 is 28.5 Å². The first-order valence-corrected chi connectivity index (χ1v) is 13.3. The number of likely N-dealkylation sites (N-methyl/N-ethyl adjacent to an activating group) is 1. The first-order valence-electron chi connectivity index (χ1n) is 10.7. The SMILES string of the molecule is CNC(=O)[C@@H](C)N(Cc1ccc(Br)cc1)C(=O)CN(c1cccc(Cl)c1)S(=O)(=O)c1ccccc1. The van der Waals surface area contributed by atoms with Gasteiger partial charge in [0.2, 0.25) is 11.8 Å². The van der Waals surface area contributed by atoms with E-state index in [-0.39, 0.29) is 23.0 Å². The lowest BCUT2D eigenvalue weighted by atomic mass is 10.1. The molecule has 35 heavy (non-hydrogen) atoms. The first kappa shape index (κ1) is 26.7. The molecule has 0 saturated carbocycles. The monoisotopic (exact) mass is 577 g/mol. The number of sulfonamides is 1. The van der Waals surface area contributed by atoms with Crippen molar-refractivity contribution in [3.05, 3.63) is 93.9 Å². The predicted molar refractivity (Wildman–Crippen MR) is 141 cm³/mol. The minimum atomic E-state index is -4.11. The van der Waals surface area contributed by atoms with Crippen LogP contribution in [0.2, 0.25) is 5.02 Å². The quantitative estimate of drug-likeness (QED) is 0.406. The molecule has 1 atom stereocenters. The number of halogens is 2. The zero-order chi connectivity index (χ0) is 25.6. The largest absolute Gasteiger partial charge is 0.357 e. The molecular weight excluding hydrogens is 554 g/mol. The fourth-order valence-electron chi connectivity index (χ4n) is 3.46. The lowest BCUT2D eigenvalue weighted by Gasteiger charge is -2.31. The molecule has 2 amide bonds. The smallest absolute Gasteiger partial charge is 0.264 e. The summed E-state index contributed by atoms with van der Waals surface area (Å²) in [6.07, 6.45) is 0. The Morgan fingerprint density at radius 2 is 1.66 bits per heavy atom. The molecule has 3 aromatic rings. The summed E-state index contributed by atoms with van der Waals surface area (Å²) in [5.74, 6) is -0.904. The summed E-state index contributed by atoms with van der Waals surface area (Å²) in [6, 6.07) is 20.6. The number of rotatable bonds is 9. The van der Waals surface area contributed by atoms with Crippen molar-refractivity contribution in [2.45, 2.75) is 24.4 Å². The van der Waals surface area contributed by atoms with Crippen LogP contribution < -0.4 is 9.62 Å². The zero-order valence-corrected chi connectivity index (χ0v) is 22.3. The lowest BCUT2D eigenvalue weighted by molar-refractivity contribution is -0.139. The van der Waals surface area contributed by atoms with E-state index in [1.54, 1.807) is 43.3 Å². The summed E-state index contributed by atoms with van der Waals surface area (Å²) < 4.78 is 29.1. The fraction of sp³-hybridized carbons (Fsp3) is 0.200. The molecule has 3 aromatic carbocycles. The molecule has 0 aliphatic carbocycles. The predicted octanol–water partition coefficient (Wildman–Crippen LogP) is 4.46. The molecule has 0 aromatic heterocycles. The Bertz CT molecular complexity index is 1290. The van der Waals surface area contributed by atoms with Gasteiger partial charge in [0.1, 0.15) is 12.6 Å². The van der Waals surface area contributed by atoms with E-state index in [2.05, 4.69) is 21.2 Å². The number of nitrogens with zero attached hydrogens (tertiary/aromatic N) is 2. The number of anilines is 1. The lowest BCUT2D eigenvalue weighted by Crippen LogP contribution is -2.50. The fourth-order valence-corrected chi connectivity index (χ4v) is 5.33. The standard InChI is InChI=1S/C25H25BrClN3O4S/c1-18(25(32)28-2)29(16-19-11-13-20(26)14-12-19)24(31)17-30(22-8-6-7-21(27)15-22)35(33,34)23-9-4-3-5-10-23/h3-15,18H,16-17H2,1-2H3,(H,28,32)/t18-/m1/s1. The van der Waals surface area contributed by atoms with Crippen molar-refractivity contribution >= 4 is 55.1 Å². The van der Waals surface area contributed by atoms with E-state index in [0.717, 1.165) is 14.3 Å². The van der Waals surface area contributed by atoms with Crippen LogP contribution in [0.3, 0.4) is 0 Å². The van der Waals surface area contributed by atoms with Crippen LogP contribution in [0, 0.1) is 0 Å². The third-order valence-electron chi connectivity index (χ3n) is 5.39. The Kier molecular flexibility index (Phi) is 8.93. The topological polar surface area (TPSA) is 86.8 Å². The molecule has 7 nitrogen and oxygen atoms in total. The molecule has 184 valence electrons. The summed E-state index contributed by atoms with van der Waals surface area (Å²) in [4.78, 5) is 27.5. The maximum atomic E-state index is 13.6. The number of carbonyl (C=O) groups is 2. The highest BCUT2D eigenvalue weighted by molar-refractivity contribution is 9.10. The minimum absolute atomic E-state index is 0.0339. The van der Waals surface area contributed by atoms with Crippen molar-refractivity contribution in [2.24, 2.45) is 0 Å². The van der Waals surface area contributed by atoms with Crippen LogP contribution in [0.15, 0.2) is 88.2 Å². The van der Waals surface area contributed by atoms with Crippen LogP contribution in [-0.2, 0) is 26.2 Å². The van der Waals surface area contributed by atoms with E-state index in [0.29, 0.717) is 5.02 Å². The van der Waals surface area contributed by atoms with Gasteiger partial charge in [-0.25, -0.2) is 8.42 Å². The summed E-state index contributed by atoms with van der Waals surface area (Å²) in [5.41, 5.74) is 1.03. The Balaban J connectivity index is 2.01. The van der Waals surface area contributed by atoms with E-state index in [1.165, 1.54) is 30.1 Å². The average molecular weight is 579 g/mol. The van der Waals surface area contributed by atoms with Gasteiger partial charge in [-0.15, -0.1) is 0 Å². The molecule has 1 N–H and O–H groups in total. The number of amides is 2. The van der Waals surface area contributed by atoms with E-state index >= 15 is 0 Å². The van der Waals surface area contributed by atoms with Gasteiger partial charge in [0.15, 0.2) is 0 Å². The average Bonchev–Trinajstić information content (AvgIpc) is 2.86. The van der Waals surface area contributed by atoms with E-state index in [9.17, 15) is 18.0 Å². The van der Waals surface area contributed by atoms with Crippen LogP contribution in [0.5, 0.6) is 0 Å². The summed E-state index contributed by atoms with van der Waals surface area (Å²) in [7, 11) is -2.62. The molecule has 0 unspecified atom stereocenters. The van der Waals surface area contributed by atoms with Gasteiger partial charge >= 0.3 is 0 Å². The van der Waals surface area contributed by atoms with Crippen molar-refractivity contribution in [3.8, 4) is 0 Å². The Labute approximate surface area is 218 Å². The number of hydrogen-bond acceptors (Lipinski definition) is 4. The second-order valence-electron chi connectivity index (χ2n) is 7.74. The highest BCUT2D eigenvalue weighted by Gasteiger charge is 2.32. The van der Waals surface area contributed by atoms with Crippen molar-refractivity contribution < 1.29 is 18.0 Å². The first-order chi connectivity index (χ1) is 16.6. The third-order valence-corrected chi connectivity index (χ3v) is 7.94. The Morgan fingerprint density at radius 3 is 2.26 bits per heavy atom. The van der Waals surface area contributed by atoms with E-state index in [4.69, 9.17) is 11.6 Å². The van der Waals surface area contributed by atoms with E-state index in [1.807, 2.05) is 24.3 Å². The number of benzene rings is 3. The molecule has 10 heteroatoms. The molecule has 0 aliphatic rings. The molecule has 0 aliphatic heterocycles. The zero-order valence-electron chi connectivity index (χ0n) is 19.2. The van der Waals surface area contributed by atoms with Gasteiger partial charge in [0.05, 0.1) is 10.6 Å². The van der Waals surface area contributed by atoms with Crippen LogP contribution in [-0.4, -0.2) is 44.8 Å². The van der Waals surface area contributed by atoms with Crippen LogP contribution in [0.1, 0.15) is 12.5 Å². The number of nitrogens with one attached hydrogen (secondary N) is 1. The third kappa shape index (κ3) is 6.62. The maximum Gasteiger partial charge on any atom is 0.264 e. The van der Waals surface area contributed by atoms with Gasteiger partial charge in [-0.2, -0.15) is 0 Å². The highest BCUT2D eigenvalue weighted by atomic mass is 79.9. The summed E-state index contributed by atoms with van der Waals surface area (Å²) in [6.45, 7) is 1.20. The van der Waals surface area contributed by atoms with Crippen LogP contribution >= 0.6 is 27.5 Å². The molecule has 0 fully saturated rings. The van der Waals surface area contributed by atoms with Gasteiger partial charge in [-0.05, 0) is 55.0 Å².